The molecule has 2 aliphatic rings. The van der Waals surface area contributed by atoms with Crippen molar-refractivity contribution in [2.24, 2.45) is 5.73 Å². The maximum Gasteiger partial charge on any atom is 0.257 e. The SMILES string of the molecule is CN1CCN(c2ccc(NC=C3C(=O)Nc4ccc(Cc5cccc(C(N)=O)c5)cc43)cc2)CC1. The normalized spacial score (nSPS) is 16.8. The molecule has 0 aliphatic carbocycles. The van der Waals surface area contributed by atoms with Gasteiger partial charge in [-0.2, -0.15) is 0 Å². The lowest BCUT2D eigenvalue weighted by Crippen LogP contribution is -2.44. The molecule has 7 nitrogen and oxygen atoms in total. The summed E-state index contributed by atoms with van der Waals surface area (Å²) in [5, 5.41) is 6.22. The zero-order valence-corrected chi connectivity index (χ0v) is 19.8. The molecule has 0 saturated carbocycles. The van der Waals surface area contributed by atoms with Gasteiger partial charge in [0, 0.05) is 60.6 Å². The average molecular weight is 468 g/mol. The molecule has 2 aliphatic heterocycles. The Bertz CT molecular complexity index is 1290. The maximum absolute atomic E-state index is 12.6. The number of amides is 2. The van der Waals surface area contributed by atoms with E-state index >= 15 is 0 Å². The van der Waals surface area contributed by atoms with Crippen molar-refractivity contribution in [3.05, 3.63) is 95.2 Å². The third-order valence-corrected chi connectivity index (χ3v) is 6.61. The smallest absolute Gasteiger partial charge is 0.257 e. The van der Waals surface area contributed by atoms with Gasteiger partial charge in [0.2, 0.25) is 5.91 Å². The molecule has 0 spiro atoms. The highest BCUT2D eigenvalue weighted by Crippen LogP contribution is 2.33. The first-order valence-electron chi connectivity index (χ1n) is 11.8. The molecule has 0 radical (unpaired) electrons. The van der Waals surface area contributed by atoms with Crippen molar-refractivity contribution in [2.75, 3.05) is 48.8 Å². The minimum Gasteiger partial charge on any atom is -0.369 e. The summed E-state index contributed by atoms with van der Waals surface area (Å²) in [5.74, 6) is -0.571. The van der Waals surface area contributed by atoms with E-state index in [1.54, 1.807) is 12.3 Å². The number of likely N-dealkylation sites (N-methyl/N-ethyl adjacent to an activating group) is 1. The first-order valence-corrected chi connectivity index (χ1v) is 11.8. The van der Waals surface area contributed by atoms with Gasteiger partial charge in [-0.1, -0.05) is 18.2 Å². The second kappa shape index (κ2) is 9.64. The number of benzene rings is 3. The molecular formula is C28H29N5O2. The van der Waals surface area contributed by atoms with Crippen LogP contribution in [-0.4, -0.2) is 49.9 Å². The first-order chi connectivity index (χ1) is 17.0. The molecule has 0 aromatic heterocycles. The van der Waals surface area contributed by atoms with Crippen molar-refractivity contribution < 1.29 is 9.59 Å². The van der Waals surface area contributed by atoms with Crippen LogP contribution in [-0.2, 0) is 11.2 Å². The topological polar surface area (TPSA) is 90.7 Å². The number of nitrogens with two attached hydrogens (primary N) is 1. The van der Waals surface area contributed by atoms with Gasteiger partial charge >= 0.3 is 0 Å². The highest BCUT2D eigenvalue weighted by atomic mass is 16.2. The third-order valence-electron chi connectivity index (χ3n) is 6.61. The van der Waals surface area contributed by atoms with Gasteiger partial charge in [-0.3, -0.25) is 9.59 Å². The Hall–Kier alpha value is -4.10. The minimum atomic E-state index is -0.441. The Labute approximate surface area is 205 Å². The van der Waals surface area contributed by atoms with E-state index in [4.69, 9.17) is 5.73 Å². The first kappa shape index (κ1) is 22.7. The number of carbonyl (C=O) groups excluding carboxylic acids is 2. The Kier molecular flexibility index (Phi) is 6.25. The molecule has 1 fully saturated rings. The van der Waals surface area contributed by atoms with Gasteiger partial charge < -0.3 is 26.2 Å². The van der Waals surface area contributed by atoms with E-state index in [0.29, 0.717) is 17.6 Å². The maximum atomic E-state index is 12.6. The van der Waals surface area contributed by atoms with E-state index in [1.165, 1.54) is 5.69 Å². The van der Waals surface area contributed by atoms with E-state index in [2.05, 4.69) is 39.6 Å². The van der Waals surface area contributed by atoms with Crippen LogP contribution < -0.4 is 21.3 Å². The third kappa shape index (κ3) is 5.05. The van der Waals surface area contributed by atoms with E-state index in [9.17, 15) is 9.59 Å². The molecule has 0 unspecified atom stereocenters. The molecule has 35 heavy (non-hydrogen) atoms. The Balaban J connectivity index is 1.31. The van der Waals surface area contributed by atoms with Gasteiger partial charge in [0.1, 0.15) is 0 Å². The summed E-state index contributed by atoms with van der Waals surface area (Å²) < 4.78 is 0. The van der Waals surface area contributed by atoms with E-state index in [1.807, 2.05) is 48.5 Å². The summed E-state index contributed by atoms with van der Waals surface area (Å²) in [5.41, 5.74) is 12.3. The number of hydrogen-bond donors (Lipinski definition) is 3. The molecular weight excluding hydrogens is 438 g/mol. The zero-order valence-electron chi connectivity index (χ0n) is 19.8. The van der Waals surface area contributed by atoms with Crippen molar-refractivity contribution in [3.8, 4) is 0 Å². The summed E-state index contributed by atoms with van der Waals surface area (Å²) in [4.78, 5) is 28.9. The van der Waals surface area contributed by atoms with Gasteiger partial charge in [0.05, 0.1) is 5.57 Å². The molecule has 0 bridgehead atoms. The van der Waals surface area contributed by atoms with Gasteiger partial charge in [-0.05, 0) is 73.1 Å². The van der Waals surface area contributed by atoms with Crippen molar-refractivity contribution in [2.45, 2.75) is 6.42 Å². The predicted molar refractivity (Wildman–Crippen MR) is 141 cm³/mol. The van der Waals surface area contributed by atoms with E-state index in [-0.39, 0.29) is 5.91 Å². The molecule has 2 amide bonds. The zero-order chi connectivity index (χ0) is 24.4. The van der Waals surface area contributed by atoms with Crippen LogP contribution in [0.5, 0.6) is 0 Å². The molecule has 5 rings (SSSR count). The van der Waals surface area contributed by atoms with Crippen molar-refractivity contribution in [1.82, 2.24) is 4.90 Å². The lowest BCUT2D eigenvalue weighted by molar-refractivity contribution is -0.110. The predicted octanol–water partition coefficient (Wildman–Crippen LogP) is 3.53. The fourth-order valence-electron chi connectivity index (χ4n) is 4.55. The van der Waals surface area contributed by atoms with Crippen LogP contribution in [0.15, 0.2) is 72.9 Å². The van der Waals surface area contributed by atoms with Crippen molar-refractivity contribution in [1.29, 1.82) is 0 Å². The molecule has 178 valence electrons. The molecule has 4 N–H and O–H groups in total. The van der Waals surface area contributed by atoms with Crippen LogP contribution in [0.3, 0.4) is 0 Å². The van der Waals surface area contributed by atoms with Crippen LogP contribution in [0.2, 0.25) is 0 Å². The Morgan fingerprint density at radius 2 is 1.74 bits per heavy atom. The number of anilines is 3. The molecule has 1 saturated heterocycles. The molecule has 3 aromatic carbocycles. The molecule has 7 heteroatoms. The second-order valence-electron chi connectivity index (χ2n) is 9.12. The quantitative estimate of drug-likeness (QED) is 0.483. The highest BCUT2D eigenvalue weighted by molar-refractivity contribution is 6.31. The van der Waals surface area contributed by atoms with Crippen LogP contribution in [0.25, 0.3) is 5.57 Å². The van der Waals surface area contributed by atoms with Gasteiger partial charge in [0.25, 0.3) is 5.91 Å². The number of carbonyl (C=O) groups is 2. The van der Waals surface area contributed by atoms with Gasteiger partial charge in [0.15, 0.2) is 0 Å². The largest absolute Gasteiger partial charge is 0.369 e. The number of piperazine rings is 1. The monoisotopic (exact) mass is 467 g/mol. The number of nitrogens with zero attached hydrogens (tertiary/aromatic N) is 2. The van der Waals surface area contributed by atoms with Gasteiger partial charge in [-0.25, -0.2) is 0 Å². The molecule has 2 heterocycles. The van der Waals surface area contributed by atoms with E-state index in [0.717, 1.165) is 54.2 Å². The Morgan fingerprint density at radius 1 is 1.00 bits per heavy atom. The summed E-state index contributed by atoms with van der Waals surface area (Å²) in [6, 6.07) is 21.6. The second-order valence-corrected chi connectivity index (χ2v) is 9.12. The van der Waals surface area contributed by atoms with E-state index < -0.39 is 5.91 Å². The molecule has 0 atom stereocenters. The highest BCUT2D eigenvalue weighted by Gasteiger charge is 2.24. The van der Waals surface area contributed by atoms with Crippen molar-refractivity contribution >= 4 is 34.4 Å². The van der Waals surface area contributed by atoms with Crippen molar-refractivity contribution in [3.63, 3.8) is 0 Å². The summed E-state index contributed by atoms with van der Waals surface area (Å²) in [6.45, 7) is 4.19. The standard InChI is InChI=1S/C28H29N5O2/c1-32-11-13-33(14-12-32)23-8-6-22(7-9-23)30-18-25-24-17-20(5-10-26(24)31-28(25)35)15-19-3-2-4-21(16-19)27(29)34/h2-10,16-18,30H,11-15H2,1H3,(H2,29,34)(H,31,35). The number of fused-ring (bicyclic) bond motifs is 1. The number of nitrogens with one attached hydrogen (secondary N) is 2. The lowest BCUT2D eigenvalue weighted by Gasteiger charge is -2.34. The van der Waals surface area contributed by atoms with Crippen LogP contribution >= 0.6 is 0 Å². The van der Waals surface area contributed by atoms with Crippen LogP contribution in [0.4, 0.5) is 17.1 Å². The molecule has 3 aromatic rings. The minimum absolute atomic E-state index is 0.130. The number of hydrogen-bond acceptors (Lipinski definition) is 5. The average Bonchev–Trinajstić information content (AvgIpc) is 3.18. The lowest BCUT2D eigenvalue weighted by atomic mass is 9.99. The van der Waals surface area contributed by atoms with Gasteiger partial charge in [-0.15, -0.1) is 0 Å². The number of primary amides is 1. The summed E-state index contributed by atoms with van der Waals surface area (Å²) >= 11 is 0. The van der Waals surface area contributed by atoms with Crippen LogP contribution in [0.1, 0.15) is 27.0 Å². The summed E-state index contributed by atoms with van der Waals surface area (Å²) in [6.07, 6.45) is 2.40. The number of rotatable bonds is 6. The Morgan fingerprint density at radius 3 is 2.49 bits per heavy atom. The van der Waals surface area contributed by atoms with Crippen LogP contribution in [0, 0.1) is 0 Å². The fourth-order valence-corrected chi connectivity index (χ4v) is 4.55. The summed E-state index contributed by atoms with van der Waals surface area (Å²) in [7, 11) is 2.15. The fraction of sp³-hybridized carbons (Fsp3) is 0.214.